The lowest BCUT2D eigenvalue weighted by Crippen LogP contribution is -2.40. The molecule has 6 nitrogen and oxygen atoms in total. The molecular weight excluding hydrogens is 360 g/mol. The van der Waals surface area contributed by atoms with Gasteiger partial charge >= 0.3 is 0 Å². The van der Waals surface area contributed by atoms with Crippen molar-refractivity contribution in [3.63, 3.8) is 0 Å². The molecule has 2 fully saturated rings. The quantitative estimate of drug-likeness (QED) is 0.790. The second-order valence-electron chi connectivity index (χ2n) is 7.15. The summed E-state index contributed by atoms with van der Waals surface area (Å²) >= 11 is 7.67. The number of aromatic nitrogens is 3. The first-order chi connectivity index (χ1) is 12.0. The molecule has 8 heteroatoms. The van der Waals surface area contributed by atoms with Gasteiger partial charge in [0, 0.05) is 17.8 Å². The van der Waals surface area contributed by atoms with Gasteiger partial charge in [-0.1, -0.05) is 22.9 Å². The molecule has 2 aromatic heterocycles. The molecule has 0 atom stereocenters. The smallest absolute Gasteiger partial charge is 0.151 e. The zero-order chi connectivity index (χ0) is 17.4. The number of nitrogens with zero attached hydrogens (tertiary/aromatic N) is 3. The summed E-state index contributed by atoms with van der Waals surface area (Å²) in [5, 5.41) is 24.7. The highest BCUT2D eigenvalue weighted by atomic mass is 35.5. The van der Waals surface area contributed by atoms with Gasteiger partial charge in [0.15, 0.2) is 5.01 Å². The van der Waals surface area contributed by atoms with Gasteiger partial charge in [0.05, 0.1) is 30.4 Å². The summed E-state index contributed by atoms with van der Waals surface area (Å²) < 4.78 is 5.23. The van der Waals surface area contributed by atoms with Gasteiger partial charge in [0.25, 0.3) is 0 Å². The van der Waals surface area contributed by atoms with E-state index >= 15 is 0 Å². The van der Waals surface area contributed by atoms with Crippen LogP contribution in [0.2, 0.25) is 5.15 Å². The maximum absolute atomic E-state index is 10.1. The number of hydrogen-bond donors (Lipinski definition) is 2. The van der Waals surface area contributed by atoms with E-state index in [2.05, 4.69) is 20.5 Å². The fourth-order valence-electron chi connectivity index (χ4n) is 3.25. The van der Waals surface area contributed by atoms with Crippen molar-refractivity contribution in [3.8, 4) is 10.6 Å². The summed E-state index contributed by atoms with van der Waals surface area (Å²) in [5.74, 6) is 0.378. The third-order valence-electron chi connectivity index (χ3n) is 4.95. The van der Waals surface area contributed by atoms with Crippen LogP contribution in [0.4, 0.5) is 5.69 Å². The van der Waals surface area contributed by atoms with E-state index in [9.17, 15) is 5.11 Å². The van der Waals surface area contributed by atoms with Crippen molar-refractivity contribution in [2.24, 2.45) is 0 Å². The molecule has 2 aromatic rings. The Labute approximate surface area is 155 Å². The van der Waals surface area contributed by atoms with Gasteiger partial charge in [-0.3, -0.25) is 0 Å². The molecular formula is C17H21ClN4O2S. The van der Waals surface area contributed by atoms with Crippen molar-refractivity contribution in [2.75, 3.05) is 18.5 Å². The lowest BCUT2D eigenvalue weighted by Gasteiger charge is -2.31. The lowest BCUT2D eigenvalue weighted by atomic mass is 9.80. The van der Waals surface area contributed by atoms with Crippen molar-refractivity contribution in [1.29, 1.82) is 0 Å². The zero-order valence-electron chi connectivity index (χ0n) is 14.0. The molecule has 2 aliphatic rings. The topological polar surface area (TPSA) is 80.2 Å². The monoisotopic (exact) mass is 380 g/mol. The molecule has 1 aliphatic carbocycles. The number of ether oxygens (including phenoxy) is 1. The molecule has 0 aromatic carbocycles. The molecule has 4 rings (SSSR count). The van der Waals surface area contributed by atoms with Gasteiger partial charge in [-0.15, -0.1) is 10.2 Å². The van der Waals surface area contributed by atoms with Crippen LogP contribution in [0.15, 0.2) is 12.3 Å². The Morgan fingerprint density at radius 2 is 2.08 bits per heavy atom. The molecule has 3 heterocycles. The van der Waals surface area contributed by atoms with Crippen molar-refractivity contribution in [1.82, 2.24) is 15.2 Å². The van der Waals surface area contributed by atoms with E-state index < -0.39 is 5.60 Å². The van der Waals surface area contributed by atoms with E-state index in [1.54, 1.807) is 17.5 Å². The summed E-state index contributed by atoms with van der Waals surface area (Å²) in [4.78, 5) is 4.21. The number of nitrogens with one attached hydrogen (secondary N) is 1. The van der Waals surface area contributed by atoms with Gasteiger partial charge in [-0.25, -0.2) is 4.98 Å². The van der Waals surface area contributed by atoms with Crippen LogP contribution in [0.5, 0.6) is 0 Å². The minimum Gasteiger partial charge on any atom is -0.390 e. The Kier molecular flexibility index (Phi) is 4.66. The summed E-state index contributed by atoms with van der Waals surface area (Å²) in [7, 11) is 0. The van der Waals surface area contributed by atoms with Crippen LogP contribution in [0, 0.1) is 0 Å². The standard InChI is InChI=1S/C17H21ClN4O2S/c1-17(23)4-2-10(3-5-17)15-21-22-16(25-15)12-7-19-14(18)6-13(12)20-11-8-24-9-11/h6-7,10-11,23H,2-5,8-9H2,1H3,(H,19,20). The highest BCUT2D eigenvalue weighted by Crippen LogP contribution is 2.41. The van der Waals surface area contributed by atoms with Crippen molar-refractivity contribution < 1.29 is 9.84 Å². The predicted octanol–water partition coefficient (Wildman–Crippen LogP) is 3.47. The predicted molar refractivity (Wildman–Crippen MR) is 98.2 cm³/mol. The summed E-state index contributed by atoms with van der Waals surface area (Å²) in [6.07, 6.45) is 5.27. The molecule has 25 heavy (non-hydrogen) atoms. The van der Waals surface area contributed by atoms with Crippen LogP contribution in [0.25, 0.3) is 10.6 Å². The third kappa shape index (κ3) is 3.79. The van der Waals surface area contributed by atoms with Gasteiger partial charge in [0.1, 0.15) is 10.2 Å². The number of rotatable bonds is 4. The number of aliphatic hydroxyl groups is 1. The van der Waals surface area contributed by atoms with Crippen LogP contribution in [-0.4, -0.2) is 45.1 Å². The van der Waals surface area contributed by atoms with Gasteiger partial charge in [0.2, 0.25) is 0 Å². The van der Waals surface area contributed by atoms with Crippen molar-refractivity contribution in [3.05, 3.63) is 22.4 Å². The van der Waals surface area contributed by atoms with Gasteiger partial charge < -0.3 is 15.2 Å². The first-order valence-electron chi connectivity index (χ1n) is 8.56. The Balaban J connectivity index is 1.55. The number of hydrogen-bond acceptors (Lipinski definition) is 7. The van der Waals surface area contributed by atoms with Crippen LogP contribution in [0.3, 0.4) is 0 Å². The first-order valence-corrected chi connectivity index (χ1v) is 9.76. The Hall–Kier alpha value is -1.28. The molecule has 2 N–H and O–H groups in total. The number of pyridine rings is 1. The van der Waals surface area contributed by atoms with E-state index in [0.29, 0.717) is 30.3 Å². The molecule has 1 aliphatic heterocycles. The fraction of sp³-hybridized carbons (Fsp3) is 0.588. The van der Waals surface area contributed by atoms with Crippen LogP contribution in [-0.2, 0) is 4.74 Å². The zero-order valence-corrected chi connectivity index (χ0v) is 15.6. The summed E-state index contributed by atoms with van der Waals surface area (Å²) in [5.41, 5.74) is 1.30. The van der Waals surface area contributed by atoms with Gasteiger partial charge in [-0.05, 0) is 38.7 Å². The second-order valence-corrected chi connectivity index (χ2v) is 8.54. The number of anilines is 1. The summed E-state index contributed by atoms with van der Waals surface area (Å²) in [6.45, 7) is 3.31. The maximum atomic E-state index is 10.1. The average molecular weight is 381 g/mol. The summed E-state index contributed by atoms with van der Waals surface area (Å²) in [6, 6.07) is 2.12. The largest absolute Gasteiger partial charge is 0.390 e. The average Bonchev–Trinajstić information content (AvgIpc) is 3.00. The molecule has 1 saturated heterocycles. The molecule has 0 spiro atoms. The normalized spacial score (nSPS) is 27.1. The fourth-order valence-corrected chi connectivity index (χ4v) is 4.45. The van der Waals surface area contributed by atoms with E-state index in [4.69, 9.17) is 16.3 Å². The van der Waals surface area contributed by atoms with Crippen LogP contribution >= 0.6 is 22.9 Å². The second kappa shape index (κ2) is 6.79. The first kappa shape index (κ1) is 17.1. The van der Waals surface area contributed by atoms with E-state index in [-0.39, 0.29) is 0 Å². The molecule has 134 valence electrons. The molecule has 0 bridgehead atoms. The van der Waals surface area contributed by atoms with Crippen molar-refractivity contribution in [2.45, 2.75) is 50.2 Å². The lowest BCUT2D eigenvalue weighted by molar-refractivity contribution is 0.0171. The maximum Gasteiger partial charge on any atom is 0.151 e. The highest BCUT2D eigenvalue weighted by Gasteiger charge is 2.31. The Morgan fingerprint density at radius 3 is 2.76 bits per heavy atom. The number of halogens is 1. The van der Waals surface area contributed by atoms with Crippen LogP contribution < -0.4 is 5.32 Å². The van der Waals surface area contributed by atoms with E-state index in [1.165, 1.54) is 0 Å². The SMILES string of the molecule is CC1(O)CCC(c2nnc(-c3cnc(Cl)cc3NC3COC3)s2)CC1. The Bertz CT molecular complexity index is 753. The Morgan fingerprint density at radius 1 is 1.32 bits per heavy atom. The van der Waals surface area contributed by atoms with E-state index in [0.717, 1.165) is 46.9 Å². The molecule has 0 amide bonds. The molecule has 1 saturated carbocycles. The minimum absolute atomic E-state index is 0.296. The third-order valence-corrected chi connectivity index (χ3v) is 6.28. The molecule has 0 radical (unpaired) electrons. The highest BCUT2D eigenvalue weighted by molar-refractivity contribution is 7.14. The van der Waals surface area contributed by atoms with Crippen LogP contribution in [0.1, 0.15) is 43.5 Å². The van der Waals surface area contributed by atoms with Crippen molar-refractivity contribution >= 4 is 28.6 Å². The minimum atomic E-state index is -0.536. The van der Waals surface area contributed by atoms with E-state index in [1.807, 2.05) is 13.0 Å². The van der Waals surface area contributed by atoms with Gasteiger partial charge in [-0.2, -0.15) is 0 Å². The molecule has 0 unspecified atom stereocenters.